The summed E-state index contributed by atoms with van der Waals surface area (Å²) in [5.41, 5.74) is 10.1. The van der Waals surface area contributed by atoms with Crippen molar-refractivity contribution in [2.24, 2.45) is 0 Å². The topological polar surface area (TPSA) is 94.3 Å². The number of nitrogens with zero attached hydrogens (tertiary/aromatic N) is 8. The monoisotopic (exact) mass is 1010 g/mol. The van der Waals surface area contributed by atoms with E-state index in [-0.39, 0.29) is 22.4 Å². The van der Waals surface area contributed by atoms with Crippen LogP contribution in [0.3, 0.4) is 0 Å². The van der Waals surface area contributed by atoms with Crippen LogP contribution in [0.1, 0.15) is 22.3 Å². The van der Waals surface area contributed by atoms with E-state index in [0.717, 1.165) is 78.2 Å². The Hall–Kier alpha value is -11.5. The highest BCUT2D eigenvalue weighted by Gasteiger charge is 2.33. The summed E-state index contributed by atoms with van der Waals surface area (Å²) in [6.45, 7) is 23.7. The Morgan fingerprint density at radius 2 is 0.692 bits per heavy atom. The van der Waals surface area contributed by atoms with Gasteiger partial charge in [0.05, 0.1) is 88.1 Å². The molecule has 0 spiro atoms. The number of hydrogen-bond acceptors (Lipinski definition) is 3. The van der Waals surface area contributed by atoms with Crippen LogP contribution in [0.15, 0.2) is 200 Å². The Bertz CT molecular complexity index is 4330. The van der Waals surface area contributed by atoms with E-state index in [0.29, 0.717) is 55.9 Å². The van der Waals surface area contributed by atoms with Crippen molar-refractivity contribution in [3.05, 3.63) is 257 Å². The van der Waals surface area contributed by atoms with Crippen molar-refractivity contribution in [2.45, 2.75) is 6.18 Å². The molecule has 11 heteroatoms. The van der Waals surface area contributed by atoms with E-state index in [1.165, 1.54) is 6.07 Å². The number of benzene rings is 10. The molecule has 0 amide bonds. The molecule has 0 aliphatic rings. The largest absolute Gasteiger partial charge is 0.415 e. The summed E-state index contributed by atoms with van der Waals surface area (Å²) >= 11 is 0. The van der Waals surface area contributed by atoms with Crippen LogP contribution >= 0.6 is 0 Å². The van der Waals surface area contributed by atoms with E-state index in [9.17, 15) is 15.8 Å². The van der Waals surface area contributed by atoms with Gasteiger partial charge in [0.25, 0.3) is 0 Å². The van der Waals surface area contributed by atoms with Gasteiger partial charge in [-0.15, -0.1) is 0 Å². The Morgan fingerprint density at radius 1 is 0.346 bits per heavy atom. The van der Waals surface area contributed by atoms with Crippen LogP contribution in [0.25, 0.3) is 125 Å². The van der Waals surface area contributed by atoms with E-state index >= 15 is 13.2 Å². The van der Waals surface area contributed by atoms with Gasteiger partial charge in [0.15, 0.2) is 17.1 Å². The molecule has 2 heterocycles. The molecule has 8 nitrogen and oxygen atoms in total. The molecule has 12 rings (SSSR count). The van der Waals surface area contributed by atoms with Crippen molar-refractivity contribution in [1.29, 1.82) is 15.8 Å². The molecule has 0 saturated heterocycles. The van der Waals surface area contributed by atoms with Crippen molar-refractivity contribution in [1.82, 2.24) is 9.13 Å². The molecule has 78 heavy (non-hydrogen) atoms. The minimum atomic E-state index is -4.87. The first-order valence-corrected chi connectivity index (χ1v) is 24.3. The number of halogens is 3. The van der Waals surface area contributed by atoms with E-state index < -0.39 is 11.7 Å². The molecule has 0 fully saturated rings. The number of hydrogen-bond donors (Lipinski definition) is 0. The Labute approximate surface area is 444 Å². The van der Waals surface area contributed by atoms with Crippen LogP contribution in [0.5, 0.6) is 0 Å². The SMILES string of the molecule is [C-]#[N+]c1cccc(-c2ccc3c4ccc(-c5cccc(C#N)c5)cc4n(-c4cc(C#N)cc(-n5c6cc(-c7cccc(C#N)c7)ccc6c6ccc(-c7cccc([N+]#[C-])c7)cc65)c4-c4cc([N+]#[C-])cc(C(F)(F)F)c4)c3c2)c1. The maximum absolute atomic E-state index is 15.3. The number of rotatable bonds is 7. The van der Waals surface area contributed by atoms with E-state index in [1.54, 1.807) is 84.9 Å². The fraction of sp³-hybridized carbons (Fsp3) is 0.0149. The highest BCUT2D eigenvalue weighted by molar-refractivity contribution is 6.14. The van der Waals surface area contributed by atoms with Gasteiger partial charge in [-0.05, 0) is 141 Å². The minimum Gasteiger partial charge on any atom is -0.308 e. The van der Waals surface area contributed by atoms with E-state index in [2.05, 4.69) is 32.7 Å². The van der Waals surface area contributed by atoms with Crippen LogP contribution in [-0.4, -0.2) is 9.13 Å². The molecule has 0 bridgehead atoms. The molecule has 2 aromatic heterocycles. The number of aromatic nitrogens is 2. The first-order valence-electron chi connectivity index (χ1n) is 24.3. The van der Waals surface area contributed by atoms with Crippen LogP contribution in [0, 0.1) is 53.7 Å². The van der Waals surface area contributed by atoms with Gasteiger partial charge in [0.1, 0.15) is 0 Å². The fourth-order valence-corrected chi connectivity index (χ4v) is 10.6. The van der Waals surface area contributed by atoms with Crippen molar-refractivity contribution in [2.75, 3.05) is 0 Å². The van der Waals surface area contributed by atoms with Crippen LogP contribution in [0.4, 0.5) is 30.2 Å². The molecule has 0 saturated carbocycles. The molecule has 0 atom stereocenters. The number of alkyl halides is 3. The Morgan fingerprint density at radius 3 is 1.05 bits per heavy atom. The second-order valence-corrected chi connectivity index (χ2v) is 18.7. The van der Waals surface area contributed by atoms with Gasteiger partial charge in [-0.2, -0.15) is 29.0 Å². The highest BCUT2D eigenvalue weighted by Crippen LogP contribution is 2.47. The van der Waals surface area contributed by atoms with E-state index in [4.69, 9.17) is 19.7 Å². The first-order chi connectivity index (χ1) is 38.0. The Kier molecular flexibility index (Phi) is 11.4. The lowest BCUT2D eigenvalue weighted by Crippen LogP contribution is -2.08. The summed E-state index contributed by atoms with van der Waals surface area (Å²) in [6, 6.07) is 65.9. The molecule has 0 radical (unpaired) electrons. The fourth-order valence-electron chi connectivity index (χ4n) is 10.6. The molecule has 10 aromatic carbocycles. The zero-order valence-corrected chi connectivity index (χ0v) is 40.8. The maximum Gasteiger partial charge on any atom is 0.415 e. The molecule has 362 valence electrons. The lowest BCUT2D eigenvalue weighted by Gasteiger charge is -2.22. The standard InChI is InChI=1S/C67H33F3N8/c1-74-53-14-6-12-45(29-53)49-18-22-58-56-20-16-47(43-10-4-8-40(24-43)37-71)32-60(56)77(62(58)34-49)64-26-42(39-73)27-65(66(64)51-28-52(67(68,69)70)36-55(31-51)76-3)78-61-33-48(44-11-5-9-41(25-44)38-72)17-21-57(61)59-23-19-50(35-63(59)78)46-13-7-15-54(30-46)75-2/h4-36H. The third-order valence-electron chi connectivity index (χ3n) is 14.2. The van der Waals surface area contributed by atoms with Gasteiger partial charge in [-0.3, -0.25) is 0 Å². The Balaban J connectivity index is 1.28. The molecular formula is C67H33F3N8. The van der Waals surface area contributed by atoms with Crippen LogP contribution < -0.4 is 0 Å². The minimum absolute atomic E-state index is 0.0490. The van der Waals surface area contributed by atoms with Crippen molar-refractivity contribution in [3.63, 3.8) is 0 Å². The third kappa shape index (κ3) is 8.17. The van der Waals surface area contributed by atoms with Gasteiger partial charge in [0, 0.05) is 32.7 Å². The molecule has 0 unspecified atom stereocenters. The van der Waals surface area contributed by atoms with Crippen LogP contribution in [0.2, 0.25) is 0 Å². The summed E-state index contributed by atoms with van der Waals surface area (Å²) in [7, 11) is 0. The summed E-state index contributed by atoms with van der Waals surface area (Å²) in [5, 5.41) is 34.2. The average Bonchev–Trinajstić information content (AvgIpc) is 4.23. The predicted octanol–water partition coefficient (Wildman–Crippen LogP) is 18.5. The summed E-state index contributed by atoms with van der Waals surface area (Å²) in [6.07, 6.45) is -4.87. The van der Waals surface area contributed by atoms with Gasteiger partial charge >= 0.3 is 6.18 Å². The second-order valence-electron chi connectivity index (χ2n) is 18.7. The average molecular weight is 1010 g/mol. The lowest BCUT2D eigenvalue weighted by molar-refractivity contribution is -0.137. The van der Waals surface area contributed by atoms with Crippen molar-refractivity contribution >= 4 is 60.7 Å². The normalized spacial score (nSPS) is 11.2. The summed E-state index contributed by atoms with van der Waals surface area (Å²) in [5.74, 6) is 0. The molecule has 12 aromatic rings. The smallest absolute Gasteiger partial charge is 0.308 e. The van der Waals surface area contributed by atoms with Crippen molar-refractivity contribution < 1.29 is 13.2 Å². The van der Waals surface area contributed by atoms with Crippen LogP contribution in [-0.2, 0) is 6.18 Å². The first kappa shape index (κ1) is 47.5. The quantitative estimate of drug-likeness (QED) is 0.149. The summed E-state index contributed by atoms with van der Waals surface area (Å²) in [4.78, 5) is 10.9. The van der Waals surface area contributed by atoms with Gasteiger partial charge in [-0.1, -0.05) is 109 Å². The summed E-state index contributed by atoms with van der Waals surface area (Å²) < 4.78 is 49.8. The van der Waals surface area contributed by atoms with Gasteiger partial charge < -0.3 is 9.13 Å². The molecular weight excluding hydrogens is 974 g/mol. The zero-order chi connectivity index (χ0) is 53.8. The highest BCUT2D eigenvalue weighted by atomic mass is 19.4. The third-order valence-corrected chi connectivity index (χ3v) is 14.2. The van der Waals surface area contributed by atoms with Gasteiger partial charge in [0.2, 0.25) is 0 Å². The number of fused-ring (bicyclic) bond motifs is 6. The van der Waals surface area contributed by atoms with Crippen molar-refractivity contribution in [3.8, 4) is 85.2 Å². The van der Waals surface area contributed by atoms with Gasteiger partial charge in [-0.25, -0.2) is 14.5 Å². The molecule has 0 aliphatic heterocycles. The molecule has 0 N–H and O–H groups in total. The lowest BCUT2D eigenvalue weighted by atomic mass is 9.95. The second kappa shape index (κ2) is 18.8. The van der Waals surface area contributed by atoms with E-state index in [1.807, 2.05) is 106 Å². The maximum atomic E-state index is 15.3. The molecule has 0 aliphatic carbocycles. The predicted molar refractivity (Wildman–Crippen MR) is 300 cm³/mol. The number of nitriles is 3. The zero-order valence-electron chi connectivity index (χ0n) is 40.8.